The predicted molar refractivity (Wildman–Crippen MR) is 65.8 cm³/mol. The molecule has 0 aromatic carbocycles. The zero-order valence-electron chi connectivity index (χ0n) is 9.03. The van der Waals surface area contributed by atoms with Crippen LogP contribution >= 0.6 is 22.9 Å². The predicted octanol–water partition coefficient (Wildman–Crippen LogP) is 3.31. The molecule has 2 heterocycles. The Morgan fingerprint density at radius 3 is 2.81 bits per heavy atom. The summed E-state index contributed by atoms with van der Waals surface area (Å²) in [6.07, 6.45) is 0. The first kappa shape index (κ1) is 11.5. The van der Waals surface area contributed by atoms with Crippen molar-refractivity contribution in [3.63, 3.8) is 0 Å². The van der Waals surface area contributed by atoms with Crippen LogP contribution in [0, 0.1) is 6.92 Å². The Morgan fingerprint density at radius 1 is 1.38 bits per heavy atom. The van der Waals surface area contributed by atoms with Crippen LogP contribution in [0.3, 0.4) is 0 Å². The Balaban J connectivity index is 2.40. The Bertz CT molecular complexity index is 498. The molecule has 0 unspecified atom stereocenters. The Morgan fingerprint density at radius 2 is 2.19 bits per heavy atom. The molecule has 0 aliphatic rings. The molecule has 0 amide bonds. The van der Waals surface area contributed by atoms with E-state index in [0.717, 1.165) is 10.6 Å². The van der Waals surface area contributed by atoms with Crippen molar-refractivity contribution < 1.29 is 4.74 Å². The Labute approximate surface area is 103 Å². The van der Waals surface area contributed by atoms with E-state index in [1.54, 1.807) is 24.5 Å². The summed E-state index contributed by atoms with van der Waals surface area (Å²) in [4.78, 5) is 10.8. The molecule has 0 spiro atoms. The van der Waals surface area contributed by atoms with Gasteiger partial charge in [-0.15, -0.1) is 11.3 Å². The molecular weight excluding hydrogens is 244 g/mol. The summed E-state index contributed by atoms with van der Waals surface area (Å²) in [6, 6.07) is 5.87. The highest BCUT2D eigenvalue weighted by molar-refractivity contribution is 7.15. The smallest absolute Gasteiger partial charge is 0.156 e. The second kappa shape index (κ2) is 4.91. The molecule has 3 nitrogen and oxygen atoms in total. The van der Waals surface area contributed by atoms with Crippen LogP contribution < -0.4 is 0 Å². The van der Waals surface area contributed by atoms with Gasteiger partial charge in [-0.05, 0) is 19.1 Å². The van der Waals surface area contributed by atoms with Gasteiger partial charge in [0.15, 0.2) is 5.82 Å². The molecule has 0 bridgehead atoms. The number of rotatable bonds is 3. The van der Waals surface area contributed by atoms with Crippen molar-refractivity contribution in [1.82, 2.24) is 9.97 Å². The maximum Gasteiger partial charge on any atom is 0.156 e. The molecule has 0 aliphatic carbocycles. The number of halogens is 1. The summed E-state index contributed by atoms with van der Waals surface area (Å²) in [5.74, 6) is 0.607. The third-order valence-electron chi connectivity index (χ3n) is 2.01. The third-order valence-corrected chi connectivity index (χ3v) is 3.22. The minimum atomic E-state index is 0.373. The minimum absolute atomic E-state index is 0.373. The quantitative estimate of drug-likeness (QED) is 0.789. The first-order chi connectivity index (χ1) is 7.69. The highest BCUT2D eigenvalue weighted by Gasteiger charge is 2.07. The van der Waals surface area contributed by atoms with Gasteiger partial charge in [-0.2, -0.15) is 0 Å². The number of hydrogen-bond donors (Lipinski definition) is 0. The zero-order chi connectivity index (χ0) is 11.5. The lowest BCUT2D eigenvalue weighted by Gasteiger charge is -2.02. The highest BCUT2D eigenvalue weighted by Crippen LogP contribution is 2.27. The number of thiophene rings is 1. The van der Waals surface area contributed by atoms with Crippen molar-refractivity contribution in [3.8, 4) is 10.6 Å². The average molecular weight is 255 g/mol. The lowest BCUT2D eigenvalue weighted by Crippen LogP contribution is -1.98. The molecule has 0 saturated carbocycles. The van der Waals surface area contributed by atoms with Gasteiger partial charge in [-0.3, -0.25) is 0 Å². The van der Waals surface area contributed by atoms with Crippen LogP contribution in [0.2, 0.25) is 5.15 Å². The number of nitrogens with zero attached hydrogens (tertiary/aromatic N) is 2. The molecule has 2 aromatic heterocycles. The van der Waals surface area contributed by atoms with E-state index >= 15 is 0 Å². The van der Waals surface area contributed by atoms with E-state index in [-0.39, 0.29) is 0 Å². The second-order valence-corrected chi connectivity index (χ2v) is 5.01. The van der Waals surface area contributed by atoms with E-state index in [2.05, 4.69) is 23.0 Å². The summed E-state index contributed by atoms with van der Waals surface area (Å²) in [7, 11) is 1.61. The fourth-order valence-electron chi connectivity index (χ4n) is 1.36. The second-order valence-electron chi connectivity index (χ2n) is 3.34. The molecule has 0 radical (unpaired) electrons. The monoisotopic (exact) mass is 254 g/mol. The topological polar surface area (TPSA) is 35.0 Å². The van der Waals surface area contributed by atoms with Crippen molar-refractivity contribution in [1.29, 1.82) is 0 Å². The summed E-state index contributed by atoms with van der Waals surface area (Å²) < 4.78 is 5.00. The molecule has 0 saturated heterocycles. The number of hydrogen-bond acceptors (Lipinski definition) is 4. The lowest BCUT2D eigenvalue weighted by atomic mass is 10.3. The molecule has 0 fully saturated rings. The van der Waals surface area contributed by atoms with Gasteiger partial charge in [-0.1, -0.05) is 11.6 Å². The first-order valence-corrected chi connectivity index (χ1v) is 5.97. The van der Waals surface area contributed by atoms with Crippen LogP contribution in [0.4, 0.5) is 0 Å². The molecule has 2 aromatic rings. The molecule has 5 heteroatoms. The zero-order valence-corrected chi connectivity index (χ0v) is 10.6. The summed E-state index contributed by atoms with van der Waals surface area (Å²) >= 11 is 7.63. The molecule has 0 atom stereocenters. The van der Waals surface area contributed by atoms with Crippen LogP contribution in [0.15, 0.2) is 18.2 Å². The van der Waals surface area contributed by atoms with E-state index < -0.39 is 0 Å². The number of methoxy groups -OCH3 is 1. The average Bonchev–Trinajstić information content (AvgIpc) is 2.64. The van der Waals surface area contributed by atoms with Gasteiger partial charge in [0.05, 0.1) is 10.6 Å². The fourth-order valence-corrected chi connectivity index (χ4v) is 2.39. The van der Waals surface area contributed by atoms with Gasteiger partial charge in [0, 0.05) is 18.1 Å². The maximum absolute atomic E-state index is 5.94. The van der Waals surface area contributed by atoms with Gasteiger partial charge < -0.3 is 4.74 Å². The maximum atomic E-state index is 5.94. The van der Waals surface area contributed by atoms with Gasteiger partial charge in [-0.25, -0.2) is 9.97 Å². The minimum Gasteiger partial charge on any atom is -0.377 e. The third kappa shape index (κ3) is 2.58. The molecular formula is C11H11ClN2OS. The van der Waals surface area contributed by atoms with E-state index in [9.17, 15) is 0 Å². The summed E-state index contributed by atoms with van der Waals surface area (Å²) in [6.45, 7) is 2.44. The largest absolute Gasteiger partial charge is 0.377 e. The van der Waals surface area contributed by atoms with Crippen molar-refractivity contribution in [2.45, 2.75) is 13.5 Å². The van der Waals surface area contributed by atoms with Gasteiger partial charge >= 0.3 is 0 Å². The standard InChI is InChI=1S/C11H11ClN2OS/c1-7-3-4-9(16-7)8-5-10(12)14-11(13-8)6-15-2/h3-5H,6H2,1-2H3. The van der Waals surface area contributed by atoms with Crippen molar-refractivity contribution >= 4 is 22.9 Å². The molecule has 0 N–H and O–H groups in total. The van der Waals surface area contributed by atoms with Crippen molar-refractivity contribution in [3.05, 3.63) is 34.1 Å². The molecule has 2 rings (SSSR count). The van der Waals surface area contributed by atoms with E-state index in [0.29, 0.717) is 17.6 Å². The number of ether oxygens (including phenoxy) is 1. The van der Waals surface area contributed by atoms with Crippen LogP contribution in [-0.4, -0.2) is 17.1 Å². The molecule has 0 aliphatic heterocycles. The normalized spacial score (nSPS) is 10.7. The van der Waals surface area contributed by atoms with E-state index in [1.165, 1.54) is 4.88 Å². The fraction of sp³-hybridized carbons (Fsp3) is 0.273. The Hall–Kier alpha value is -0.970. The van der Waals surface area contributed by atoms with Crippen molar-refractivity contribution in [2.24, 2.45) is 0 Å². The van der Waals surface area contributed by atoms with Crippen molar-refractivity contribution in [2.75, 3.05) is 7.11 Å². The summed E-state index contributed by atoms with van der Waals surface area (Å²) in [5.41, 5.74) is 0.852. The highest BCUT2D eigenvalue weighted by atomic mass is 35.5. The van der Waals surface area contributed by atoms with E-state index in [4.69, 9.17) is 16.3 Å². The Kier molecular flexibility index (Phi) is 3.53. The van der Waals surface area contributed by atoms with Crippen LogP contribution in [0.1, 0.15) is 10.7 Å². The van der Waals surface area contributed by atoms with Gasteiger partial charge in [0.25, 0.3) is 0 Å². The van der Waals surface area contributed by atoms with Crippen LogP contribution in [-0.2, 0) is 11.3 Å². The SMILES string of the molecule is COCc1nc(Cl)cc(-c2ccc(C)s2)n1. The summed E-state index contributed by atoms with van der Waals surface area (Å²) in [5, 5.41) is 0.447. The van der Waals surface area contributed by atoms with Crippen LogP contribution in [0.25, 0.3) is 10.6 Å². The van der Waals surface area contributed by atoms with E-state index in [1.807, 2.05) is 6.07 Å². The lowest BCUT2D eigenvalue weighted by molar-refractivity contribution is 0.178. The molecule has 84 valence electrons. The number of aromatic nitrogens is 2. The van der Waals surface area contributed by atoms with Gasteiger partial charge in [0.2, 0.25) is 0 Å². The first-order valence-electron chi connectivity index (χ1n) is 4.78. The molecule has 16 heavy (non-hydrogen) atoms. The van der Waals surface area contributed by atoms with Gasteiger partial charge in [0.1, 0.15) is 11.8 Å². The number of aryl methyl sites for hydroxylation is 1. The van der Waals surface area contributed by atoms with Crippen LogP contribution in [0.5, 0.6) is 0 Å².